The maximum absolute atomic E-state index is 10.9. The van der Waals surface area contributed by atoms with Crippen molar-refractivity contribution in [1.29, 1.82) is 0 Å². The Morgan fingerprint density at radius 1 is 1.29 bits per heavy atom. The van der Waals surface area contributed by atoms with Crippen molar-refractivity contribution in [1.82, 2.24) is 0 Å². The molecule has 1 aromatic carbocycles. The van der Waals surface area contributed by atoms with E-state index < -0.39 is 0 Å². The van der Waals surface area contributed by atoms with Gasteiger partial charge in [-0.2, -0.15) is 0 Å². The zero-order valence-corrected chi connectivity index (χ0v) is 8.16. The molecule has 1 radical (unpaired) electrons. The molecular formula is C11H13O3. The van der Waals surface area contributed by atoms with Crippen LogP contribution in [-0.4, -0.2) is 12.6 Å². The molecule has 0 saturated carbocycles. The van der Waals surface area contributed by atoms with E-state index in [9.17, 15) is 4.79 Å². The zero-order valence-electron chi connectivity index (χ0n) is 8.16. The first kappa shape index (κ1) is 10.6. The van der Waals surface area contributed by atoms with Crippen molar-refractivity contribution >= 4 is 5.97 Å². The molecule has 3 nitrogen and oxygen atoms in total. The van der Waals surface area contributed by atoms with E-state index in [0.29, 0.717) is 12.4 Å². The lowest BCUT2D eigenvalue weighted by Gasteiger charge is -2.04. The Morgan fingerprint density at radius 3 is 2.36 bits per heavy atom. The third-order valence-corrected chi connectivity index (χ3v) is 1.57. The molecular weight excluding hydrogens is 180 g/mol. The lowest BCUT2D eigenvalue weighted by atomic mass is 10.3. The van der Waals surface area contributed by atoms with Gasteiger partial charge in [0, 0.05) is 6.42 Å². The van der Waals surface area contributed by atoms with E-state index in [4.69, 9.17) is 9.47 Å². The zero-order chi connectivity index (χ0) is 10.4. The topological polar surface area (TPSA) is 35.5 Å². The minimum absolute atomic E-state index is 0.132. The largest absolute Gasteiger partial charge is 0.494 e. The van der Waals surface area contributed by atoms with Crippen LogP contribution in [0.2, 0.25) is 0 Å². The minimum Gasteiger partial charge on any atom is -0.494 e. The van der Waals surface area contributed by atoms with Crippen molar-refractivity contribution < 1.29 is 14.3 Å². The summed E-state index contributed by atoms with van der Waals surface area (Å²) in [7, 11) is 0. The summed E-state index contributed by atoms with van der Waals surface area (Å²) in [5.74, 6) is 0.943. The summed E-state index contributed by atoms with van der Waals surface area (Å²) < 4.78 is 10.2. The molecule has 1 aromatic rings. The molecule has 0 aromatic heterocycles. The average Bonchev–Trinajstić information content (AvgIpc) is 2.21. The summed E-state index contributed by atoms with van der Waals surface area (Å²) in [6.07, 6.45) is 0.132. The molecule has 0 saturated heterocycles. The highest BCUT2D eigenvalue weighted by Gasteiger charge is 2.01. The second kappa shape index (κ2) is 5.27. The van der Waals surface area contributed by atoms with Gasteiger partial charge in [0.05, 0.1) is 6.61 Å². The van der Waals surface area contributed by atoms with Gasteiger partial charge in [0.25, 0.3) is 0 Å². The number of rotatable bonds is 4. The fourth-order valence-corrected chi connectivity index (χ4v) is 0.953. The predicted molar refractivity (Wildman–Crippen MR) is 53.2 cm³/mol. The van der Waals surface area contributed by atoms with Crippen LogP contribution in [0.3, 0.4) is 0 Å². The first-order valence-electron chi connectivity index (χ1n) is 4.49. The van der Waals surface area contributed by atoms with Gasteiger partial charge in [0.15, 0.2) is 0 Å². The van der Waals surface area contributed by atoms with Crippen molar-refractivity contribution in [2.75, 3.05) is 6.61 Å². The number of benzene rings is 1. The van der Waals surface area contributed by atoms with E-state index in [1.165, 1.54) is 0 Å². The number of carbonyl (C=O) groups excluding carboxylic acids is 1. The van der Waals surface area contributed by atoms with Gasteiger partial charge in [0.2, 0.25) is 0 Å². The van der Waals surface area contributed by atoms with Gasteiger partial charge in [-0.3, -0.25) is 4.79 Å². The fourth-order valence-electron chi connectivity index (χ4n) is 0.953. The summed E-state index contributed by atoms with van der Waals surface area (Å²) in [6.45, 7) is 5.97. The summed E-state index contributed by atoms with van der Waals surface area (Å²) in [6, 6.07) is 6.90. The lowest BCUT2D eigenvalue weighted by Crippen LogP contribution is -2.05. The van der Waals surface area contributed by atoms with Gasteiger partial charge < -0.3 is 9.47 Å². The highest BCUT2D eigenvalue weighted by Crippen LogP contribution is 2.17. The normalized spacial score (nSPS) is 9.57. The van der Waals surface area contributed by atoms with Crippen molar-refractivity contribution in [3.05, 3.63) is 31.2 Å². The molecule has 0 aliphatic heterocycles. The minimum atomic E-state index is -0.339. The molecule has 0 unspecified atom stereocenters. The Kier molecular flexibility index (Phi) is 3.98. The highest BCUT2D eigenvalue weighted by molar-refractivity contribution is 5.72. The van der Waals surface area contributed by atoms with E-state index in [-0.39, 0.29) is 12.4 Å². The first-order chi connectivity index (χ1) is 6.76. The maximum Gasteiger partial charge on any atom is 0.311 e. The lowest BCUT2D eigenvalue weighted by molar-refractivity contribution is -0.133. The molecule has 0 bridgehead atoms. The van der Waals surface area contributed by atoms with Crippen LogP contribution in [0.15, 0.2) is 24.3 Å². The average molecular weight is 193 g/mol. The second-order valence-electron chi connectivity index (χ2n) is 2.63. The molecule has 0 N–H and O–H groups in total. The molecule has 0 atom stereocenters. The van der Waals surface area contributed by atoms with Gasteiger partial charge >= 0.3 is 5.97 Å². The third kappa shape index (κ3) is 3.09. The number of hydrogen-bond donors (Lipinski definition) is 0. The summed E-state index contributed by atoms with van der Waals surface area (Å²) in [4.78, 5) is 10.9. The Hall–Kier alpha value is -1.51. The van der Waals surface area contributed by atoms with Gasteiger partial charge in [0.1, 0.15) is 11.5 Å². The van der Waals surface area contributed by atoms with E-state index >= 15 is 0 Å². The molecule has 75 valence electrons. The van der Waals surface area contributed by atoms with Crippen LogP contribution in [0.1, 0.15) is 13.3 Å². The van der Waals surface area contributed by atoms with Gasteiger partial charge in [-0.05, 0) is 38.1 Å². The summed E-state index contributed by atoms with van der Waals surface area (Å²) in [5, 5.41) is 0. The Balaban J connectivity index is 2.59. The quantitative estimate of drug-likeness (QED) is 0.543. The van der Waals surface area contributed by atoms with Crippen LogP contribution in [0.4, 0.5) is 0 Å². The maximum atomic E-state index is 10.9. The SMILES string of the molecule is [CH2]CC(=O)Oc1ccc(OCC)cc1. The van der Waals surface area contributed by atoms with Crippen LogP contribution in [0, 0.1) is 6.92 Å². The summed E-state index contributed by atoms with van der Waals surface area (Å²) in [5.41, 5.74) is 0. The number of ether oxygens (including phenoxy) is 2. The highest BCUT2D eigenvalue weighted by atomic mass is 16.5. The predicted octanol–water partition coefficient (Wildman–Crippen LogP) is 2.21. The standard InChI is InChI=1S/C11H13O3/c1-3-11(12)14-10-7-5-9(6-8-10)13-4-2/h5-8H,1,3-4H2,2H3. The molecule has 0 fully saturated rings. The van der Waals surface area contributed by atoms with Crippen LogP contribution in [0.5, 0.6) is 11.5 Å². The van der Waals surface area contributed by atoms with Crippen molar-refractivity contribution in [2.45, 2.75) is 13.3 Å². The smallest absolute Gasteiger partial charge is 0.311 e. The van der Waals surface area contributed by atoms with E-state index in [2.05, 4.69) is 6.92 Å². The molecule has 1 rings (SSSR count). The van der Waals surface area contributed by atoms with Crippen molar-refractivity contribution in [3.8, 4) is 11.5 Å². The van der Waals surface area contributed by atoms with Crippen molar-refractivity contribution in [2.24, 2.45) is 0 Å². The van der Waals surface area contributed by atoms with Gasteiger partial charge in [-0.1, -0.05) is 0 Å². The fraction of sp³-hybridized carbons (Fsp3) is 0.273. The Labute approximate surface area is 83.6 Å². The molecule has 0 aliphatic rings. The molecule has 14 heavy (non-hydrogen) atoms. The monoisotopic (exact) mass is 193 g/mol. The number of hydrogen-bond acceptors (Lipinski definition) is 3. The first-order valence-corrected chi connectivity index (χ1v) is 4.49. The van der Waals surface area contributed by atoms with E-state index in [1.54, 1.807) is 24.3 Å². The summed E-state index contributed by atoms with van der Waals surface area (Å²) >= 11 is 0. The molecule has 0 spiro atoms. The molecule has 0 amide bonds. The molecule has 0 aliphatic carbocycles. The van der Waals surface area contributed by atoms with Crippen LogP contribution >= 0.6 is 0 Å². The number of esters is 1. The van der Waals surface area contributed by atoms with Crippen LogP contribution in [-0.2, 0) is 4.79 Å². The third-order valence-electron chi connectivity index (χ3n) is 1.57. The van der Waals surface area contributed by atoms with Crippen LogP contribution < -0.4 is 9.47 Å². The van der Waals surface area contributed by atoms with Gasteiger partial charge in [-0.15, -0.1) is 0 Å². The Bertz CT molecular complexity index is 290. The van der Waals surface area contributed by atoms with Crippen LogP contribution in [0.25, 0.3) is 0 Å². The van der Waals surface area contributed by atoms with Gasteiger partial charge in [-0.25, -0.2) is 0 Å². The van der Waals surface area contributed by atoms with Crippen molar-refractivity contribution in [3.63, 3.8) is 0 Å². The Morgan fingerprint density at radius 2 is 1.86 bits per heavy atom. The number of carbonyl (C=O) groups is 1. The van der Waals surface area contributed by atoms with E-state index in [1.807, 2.05) is 6.92 Å². The molecule has 0 heterocycles. The molecule has 3 heteroatoms. The van der Waals surface area contributed by atoms with E-state index in [0.717, 1.165) is 5.75 Å². The second-order valence-corrected chi connectivity index (χ2v) is 2.63.